The van der Waals surface area contributed by atoms with Gasteiger partial charge in [-0.15, -0.1) is 0 Å². The highest BCUT2D eigenvalue weighted by atomic mass is 79.9. The van der Waals surface area contributed by atoms with Crippen LogP contribution in [0.3, 0.4) is 0 Å². The highest BCUT2D eigenvalue weighted by molar-refractivity contribution is 9.10. The van der Waals surface area contributed by atoms with Gasteiger partial charge in [0.1, 0.15) is 0 Å². The lowest BCUT2D eigenvalue weighted by atomic mass is 10.1. The van der Waals surface area contributed by atoms with E-state index in [4.69, 9.17) is 17.3 Å². The molecule has 1 fully saturated rings. The molecule has 1 aliphatic heterocycles. The molecule has 3 N–H and O–H groups in total. The molecule has 1 saturated heterocycles. The van der Waals surface area contributed by atoms with Crippen LogP contribution in [-0.2, 0) is 13.1 Å². The van der Waals surface area contributed by atoms with Crippen molar-refractivity contribution in [2.75, 3.05) is 18.0 Å². The van der Waals surface area contributed by atoms with E-state index in [1.807, 2.05) is 29.2 Å². The summed E-state index contributed by atoms with van der Waals surface area (Å²) in [6.45, 7) is 1.26. The number of anilines is 1. The third-order valence-electron chi connectivity index (χ3n) is 6.36. The first kappa shape index (κ1) is 24.5. The molecule has 1 atom stereocenters. The van der Waals surface area contributed by atoms with Gasteiger partial charge < -0.3 is 10.6 Å². The standard InChI is InChI=1S/C25H24BrClN6O3/c26-19-6-2-1-4-16(19)12-32-21-22(29-24(32)31-11-3-5-18(28)13-31)30-25(36)33(23(21)35)14-20(34)15-7-9-17(27)10-8-15/h1-2,4,6-10,18H,3,5,11-14,28H2,(H,30,36). The van der Waals surface area contributed by atoms with Crippen molar-refractivity contribution in [3.8, 4) is 0 Å². The van der Waals surface area contributed by atoms with Crippen LogP contribution in [0.15, 0.2) is 62.6 Å². The Balaban J connectivity index is 1.64. The smallest absolute Gasteiger partial charge is 0.330 e. The van der Waals surface area contributed by atoms with Crippen molar-refractivity contribution in [1.29, 1.82) is 0 Å². The van der Waals surface area contributed by atoms with Gasteiger partial charge in [-0.05, 0) is 48.7 Å². The van der Waals surface area contributed by atoms with Crippen molar-refractivity contribution in [3.05, 3.63) is 90.0 Å². The first-order valence-corrected chi connectivity index (χ1v) is 12.7. The average molecular weight is 572 g/mol. The third kappa shape index (κ3) is 4.76. The number of ketones is 1. The molecule has 0 amide bonds. The van der Waals surface area contributed by atoms with Crippen LogP contribution in [0.25, 0.3) is 11.2 Å². The summed E-state index contributed by atoms with van der Waals surface area (Å²) in [5.41, 5.74) is 6.66. The van der Waals surface area contributed by atoms with Crippen molar-refractivity contribution >= 4 is 50.4 Å². The number of aromatic nitrogens is 4. The van der Waals surface area contributed by atoms with Gasteiger partial charge in [0.25, 0.3) is 5.56 Å². The molecule has 0 aliphatic carbocycles. The van der Waals surface area contributed by atoms with Crippen LogP contribution in [0.1, 0.15) is 28.8 Å². The summed E-state index contributed by atoms with van der Waals surface area (Å²) in [5.74, 6) is 0.183. The van der Waals surface area contributed by atoms with E-state index in [1.165, 1.54) is 0 Å². The third-order valence-corrected chi connectivity index (χ3v) is 7.39. The van der Waals surface area contributed by atoms with Crippen molar-refractivity contribution in [2.24, 2.45) is 5.73 Å². The summed E-state index contributed by atoms with van der Waals surface area (Å²) in [7, 11) is 0. The highest BCUT2D eigenvalue weighted by Gasteiger charge is 2.26. The zero-order chi connectivity index (χ0) is 25.4. The molecule has 9 nitrogen and oxygen atoms in total. The minimum absolute atomic E-state index is 0.0109. The molecule has 36 heavy (non-hydrogen) atoms. The van der Waals surface area contributed by atoms with Crippen molar-refractivity contribution < 1.29 is 4.79 Å². The minimum atomic E-state index is -0.692. The molecule has 3 heterocycles. The fourth-order valence-corrected chi connectivity index (χ4v) is 5.06. The van der Waals surface area contributed by atoms with E-state index in [0.29, 0.717) is 29.6 Å². The second-order valence-corrected chi connectivity index (χ2v) is 10.2. The lowest BCUT2D eigenvalue weighted by Crippen LogP contribution is -2.44. The first-order chi connectivity index (χ1) is 17.3. The van der Waals surface area contributed by atoms with E-state index in [9.17, 15) is 14.4 Å². The van der Waals surface area contributed by atoms with Gasteiger partial charge in [0.05, 0.1) is 13.1 Å². The fraction of sp³-hybridized carbons (Fsp3) is 0.280. The summed E-state index contributed by atoms with van der Waals surface area (Å²) in [4.78, 5) is 48.8. The predicted octanol–water partition coefficient (Wildman–Crippen LogP) is 3.16. The Hall–Kier alpha value is -3.21. The largest absolute Gasteiger partial charge is 0.341 e. The maximum atomic E-state index is 13.7. The van der Waals surface area contributed by atoms with E-state index in [0.717, 1.165) is 34.0 Å². The van der Waals surface area contributed by atoms with Gasteiger partial charge in [-0.2, -0.15) is 4.98 Å². The summed E-state index contributed by atoms with van der Waals surface area (Å²) < 4.78 is 3.61. The molecule has 186 valence electrons. The summed E-state index contributed by atoms with van der Waals surface area (Å²) >= 11 is 9.50. The summed E-state index contributed by atoms with van der Waals surface area (Å²) in [5, 5.41) is 0.490. The fourth-order valence-electron chi connectivity index (χ4n) is 4.53. The number of hydrogen-bond acceptors (Lipinski definition) is 6. The number of rotatable bonds is 6. The molecule has 2 aromatic carbocycles. The van der Waals surface area contributed by atoms with Crippen LogP contribution in [0.5, 0.6) is 0 Å². The monoisotopic (exact) mass is 570 g/mol. The Kier molecular flexibility index (Phi) is 6.83. The van der Waals surface area contributed by atoms with Crippen LogP contribution < -0.4 is 21.9 Å². The van der Waals surface area contributed by atoms with Crippen LogP contribution in [-0.4, -0.2) is 44.0 Å². The zero-order valence-corrected chi connectivity index (χ0v) is 21.6. The van der Waals surface area contributed by atoms with Crippen LogP contribution >= 0.6 is 27.5 Å². The number of Topliss-reactive ketones (excluding diaryl/α,β-unsaturated/α-hetero) is 1. The van der Waals surface area contributed by atoms with E-state index in [-0.39, 0.29) is 23.0 Å². The molecule has 4 aromatic rings. The number of halogens is 2. The number of aromatic amines is 1. The Labute approximate surface area is 219 Å². The van der Waals surface area contributed by atoms with Crippen molar-refractivity contribution in [1.82, 2.24) is 19.1 Å². The summed E-state index contributed by atoms with van der Waals surface area (Å²) in [6.07, 6.45) is 1.81. The molecule has 2 aromatic heterocycles. The highest BCUT2D eigenvalue weighted by Crippen LogP contribution is 2.26. The number of benzene rings is 2. The van der Waals surface area contributed by atoms with Gasteiger partial charge in [-0.25, -0.2) is 4.79 Å². The van der Waals surface area contributed by atoms with Gasteiger partial charge in [-0.1, -0.05) is 45.7 Å². The summed E-state index contributed by atoms with van der Waals surface area (Å²) in [6, 6.07) is 14.0. The Morgan fingerprint density at radius 1 is 1.14 bits per heavy atom. The number of carbonyl (C=O) groups is 1. The molecule has 0 saturated carbocycles. The lowest BCUT2D eigenvalue weighted by molar-refractivity contribution is 0.0969. The van der Waals surface area contributed by atoms with Crippen LogP contribution in [0.2, 0.25) is 5.02 Å². The number of nitrogens with one attached hydrogen (secondary N) is 1. The molecule has 1 aliphatic rings. The number of nitrogens with two attached hydrogens (primary N) is 1. The number of carbonyl (C=O) groups excluding carboxylic acids is 1. The zero-order valence-electron chi connectivity index (χ0n) is 19.3. The van der Waals surface area contributed by atoms with Crippen molar-refractivity contribution in [2.45, 2.75) is 32.0 Å². The van der Waals surface area contributed by atoms with Crippen LogP contribution in [0.4, 0.5) is 5.95 Å². The van der Waals surface area contributed by atoms with Gasteiger partial charge in [0.2, 0.25) is 5.95 Å². The van der Waals surface area contributed by atoms with E-state index < -0.39 is 17.8 Å². The van der Waals surface area contributed by atoms with Gasteiger partial charge in [0, 0.05) is 34.2 Å². The normalized spacial score (nSPS) is 16.0. The molecule has 1 unspecified atom stereocenters. The molecular weight excluding hydrogens is 548 g/mol. The SMILES string of the molecule is NC1CCCN(c2nc3[nH]c(=O)n(CC(=O)c4ccc(Cl)cc4)c(=O)c3n2Cc2ccccc2Br)C1. The second kappa shape index (κ2) is 10.0. The number of fused-ring (bicyclic) bond motifs is 1. The molecule has 5 rings (SSSR count). The molecule has 11 heteroatoms. The molecule has 0 bridgehead atoms. The number of hydrogen-bond donors (Lipinski definition) is 2. The van der Waals surface area contributed by atoms with Crippen LogP contribution in [0, 0.1) is 0 Å². The maximum Gasteiger partial charge on any atom is 0.330 e. The van der Waals surface area contributed by atoms with E-state index in [1.54, 1.807) is 28.8 Å². The first-order valence-electron chi connectivity index (χ1n) is 11.6. The predicted molar refractivity (Wildman–Crippen MR) is 143 cm³/mol. The Morgan fingerprint density at radius 2 is 1.89 bits per heavy atom. The second-order valence-electron chi connectivity index (χ2n) is 8.89. The number of H-pyrrole nitrogens is 1. The van der Waals surface area contributed by atoms with Crippen molar-refractivity contribution in [3.63, 3.8) is 0 Å². The van der Waals surface area contributed by atoms with E-state index in [2.05, 4.69) is 25.9 Å². The number of imidazole rings is 1. The number of nitrogens with zero attached hydrogens (tertiary/aromatic N) is 4. The van der Waals surface area contributed by atoms with Gasteiger partial charge >= 0.3 is 5.69 Å². The van der Waals surface area contributed by atoms with Gasteiger partial charge in [0.15, 0.2) is 16.9 Å². The topological polar surface area (TPSA) is 119 Å². The van der Waals surface area contributed by atoms with Gasteiger partial charge in [-0.3, -0.25) is 23.7 Å². The Bertz CT molecular complexity index is 1560. The average Bonchev–Trinajstić information content (AvgIpc) is 3.21. The number of piperidine rings is 1. The minimum Gasteiger partial charge on any atom is -0.341 e. The molecule has 0 radical (unpaired) electrons. The van der Waals surface area contributed by atoms with E-state index >= 15 is 0 Å². The molecular formula is C25H24BrClN6O3. The Morgan fingerprint density at radius 3 is 2.61 bits per heavy atom. The quantitative estimate of drug-likeness (QED) is 0.343. The lowest BCUT2D eigenvalue weighted by Gasteiger charge is -2.32. The maximum absolute atomic E-state index is 13.7. The molecule has 0 spiro atoms.